The number of halogens is 1. The fraction of sp³-hybridized carbons (Fsp3) is 0.333. The minimum Gasteiger partial charge on any atom is -0.534 e. The van der Waals surface area contributed by atoms with E-state index < -0.39 is 65.0 Å². The molecule has 0 radical (unpaired) electrons. The van der Waals surface area contributed by atoms with Crippen LogP contribution in [-0.4, -0.2) is 91.9 Å². The van der Waals surface area contributed by atoms with Gasteiger partial charge in [-0.3, -0.25) is 24.1 Å². The number of aromatic hydroxyl groups is 1. The SMILES string of the molecule is O=C(O)c1cccc2c1OB(O)[C@@H](NC(=O)C(NC(=O)N1C[C@H]3CCCN3C(=O)C1=O)c1[nH]cc(O)c(=O)c1Cl)C2. The smallest absolute Gasteiger partial charge is 0.534 e. The number of imide groups is 1. The van der Waals surface area contributed by atoms with Crippen LogP contribution in [0.15, 0.2) is 29.2 Å². The molecule has 3 aliphatic heterocycles. The van der Waals surface area contributed by atoms with Gasteiger partial charge in [-0.25, -0.2) is 9.59 Å². The molecule has 1 unspecified atom stereocenters. The summed E-state index contributed by atoms with van der Waals surface area (Å²) in [6.07, 6.45) is 2.02. The Kier molecular flexibility index (Phi) is 7.36. The zero-order chi connectivity index (χ0) is 29.6. The monoisotopic (exact) mass is 587 g/mol. The van der Waals surface area contributed by atoms with Crippen molar-refractivity contribution in [2.75, 3.05) is 13.1 Å². The molecule has 4 heterocycles. The van der Waals surface area contributed by atoms with Crippen molar-refractivity contribution in [2.24, 2.45) is 0 Å². The number of hydrogen-bond acceptors (Lipinski definition) is 9. The maximum absolute atomic E-state index is 13.5. The Morgan fingerprint density at radius 1 is 1.20 bits per heavy atom. The van der Waals surface area contributed by atoms with E-state index in [1.807, 2.05) is 0 Å². The molecular weight excluding hydrogens is 565 g/mol. The summed E-state index contributed by atoms with van der Waals surface area (Å²) in [5.74, 6) is -6.21. The average molecular weight is 588 g/mol. The van der Waals surface area contributed by atoms with E-state index in [1.54, 1.807) is 6.07 Å². The van der Waals surface area contributed by atoms with Gasteiger partial charge in [0.15, 0.2) is 11.8 Å². The number of pyridine rings is 1. The minimum atomic E-state index is -1.77. The van der Waals surface area contributed by atoms with Crippen molar-refractivity contribution < 1.29 is 43.9 Å². The first-order chi connectivity index (χ1) is 19.5. The number of benzene rings is 1. The van der Waals surface area contributed by atoms with Crippen molar-refractivity contribution in [2.45, 2.75) is 37.3 Å². The fourth-order valence-electron chi connectivity index (χ4n) is 5.17. The summed E-state index contributed by atoms with van der Waals surface area (Å²) in [7, 11) is -1.70. The summed E-state index contributed by atoms with van der Waals surface area (Å²) in [6.45, 7) is 0.283. The van der Waals surface area contributed by atoms with Crippen LogP contribution in [0.25, 0.3) is 0 Å². The van der Waals surface area contributed by atoms with Crippen LogP contribution < -0.4 is 20.7 Å². The minimum absolute atomic E-state index is 0.0667. The molecule has 2 fully saturated rings. The molecule has 15 nitrogen and oxygen atoms in total. The average Bonchev–Trinajstić information content (AvgIpc) is 3.41. The zero-order valence-electron chi connectivity index (χ0n) is 21.1. The van der Waals surface area contributed by atoms with E-state index in [4.69, 9.17) is 16.3 Å². The Labute approximate surface area is 236 Å². The van der Waals surface area contributed by atoms with Gasteiger partial charge < -0.3 is 40.4 Å². The van der Waals surface area contributed by atoms with Gasteiger partial charge >= 0.3 is 30.9 Å². The fourth-order valence-corrected chi connectivity index (χ4v) is 5.43. The second kappa shape index (κ2) is 10.8. The molecule has 3 aliphatic rings. The molecule has 5 amide bonds. The molecule has 3 atom stereocenters. The number of aromatic carboxylic acids is 1. The summed E-state index contributed by atoms with van der Waals surface area (Å²) in [6, 6.07) is 1.04. The van der Waals surface area contributed by atoms with Gasteiger partial charge in [-0.05, 0) is 30.9 Å². The normalized spacial score (nSPS) is 20.6. The molecule has 214 valence electrons. The number of piperazine rings is 1. The van der Waals surface area contributed by atoms with Crippen LogP contribution in [-0.2, 0) is 20.8 Å². The van der Waals surface area contributed by atoms with Gasteiger partial charge in [0.2, 0.25) is 11.3 Å². The number of aromatic nitrogens is 1. The van der Waals surface area contributed by atoms with Crippen molar-refractivity contribution in [1.82, 2.24) is 25.4 Å². The summed E-state index contributed by atoms with van der Waals surface area (Å²) < 4.78 is 5.38. The van der Waals surface area contributed by atoms with E-state index in [2.05, 4.69) is 15.6 Å². The number of amides is 5. The summed E-state index contributed by atoms with van der Waals surface area (Å²) in [5, 5.41) is 33.9. The molecule has 6 N–H and O–H groups in total. The summed E-state index contributed by atoms with van der Waals surface area (Å²) >= 11 is 6.11. The highest BCUT2D eigenvalue weighted by molar-refractivity contribution is 6.47. The number of para-hydroxylation sites is 1. The van der Waals surface area contributed by atoms with Crippen molar-refractivity contribution in [3.05, 3.63) is 56.5 Å². The summed E-state index contributed by atoms with van der Waals surface area (Å²) in [4.78, 5) is 80.4. The zero-order valence-corrected chi connectivity index (χ0v) is 21.9. The van der Waals surface area contributed by atoms with Crippen LogP contribution in [0.2, 0.25) is 5.02 Å². The van der Waals surface area contributed by atoms with Gasteiger partial charge in [-0.2, -0.15) is 0 Å². The molecule has 2 saturated heterocycles. The van der Waals surface area contributed by atoms with Gasteiger partial charge in [-0.1, -0.05) is 23.7 Å². The number of fused-ring (bicyclic) bond motifs is 2. The molecule has 0 saturated carbocycles. The van der Waals surface area contributed by atoms with Crippen LogP contribution in [0, 0.1) is 0 Å². The molecular formula is C24H23BClN5O10. The number of nitrogens with one attached hydrogen (secondary N) is 3. The Morgan fingerprint density at radius 2 is 1.95 bits per heavy atom. The Balaban J connectivity index is 1.42. The van der Waals surface area contributed by atoms with Crippen LogP contribution in [0.1, 0.15) is 40.5 Å². The van der Waals surface area contributed by atoms with Crippen molar-refractivity contribution >= 4 is 48.4 Å². The quantitative estimate of drug-likeness (QED) is 0.188. The van der Waals surface area contributed by atoms with Crippen molar-refractivity contribution in [1.29, 1.82) is 0 Å². The topological polar surface area (TPSA) is 219 Å². The molecule has 41 heavy (non-hydrogen) atoms. The lowest BCUT2D eigenvalue weighted by molar-refractivity contribution is -0.155. The maximum atomic E-state index is 13.5. The third-order valence-electron chi connectivity index (χ3n) is 7.23. The summed E-state index contributed by atoms with van der Waals surface area (Å²) in [5.41, 5.74) is -1.21. The molecule has 1 aromatic carbocycles. The van der Waals surface area contributed by atoms with Crippen LogP contribution in [0.5, 0.6) is 11.5 Å². The van der Waals surface area contributed by atoms with E-state index in [-0.39, 0.29) is 36.0 Å². The number of carboxylic acids is 1. The van der Waals surface area contributed by atoms with Gasteiger partial charge in [0, 0.05) is 12.7 Å². The number of carbonyl (C=O) groups is 5. The first-order valence-corrected chi connectivity index (χ1v) is 12.9. The lowest BCUT2D eigenvalue weighted by atomic mass is 9.72. The predicted octanol–water partition coefficient (Wildman–Crippen LogP) is -0.844. The highest BCUT2D eigenvalue weighted by Crippen LogP contribution is 2.31. The second-order valence-corrected chi connectivity index (χ2v) is 10.1. The molecule has 5 rings (SSSR count). The molecule has 0 aliphatic carbocycles. The largest absolute Gasteiger partial charge is 0.547 e. The number of urea groups is 1. The van der Waals surface area contributed by atoms with E-state index in [0.717, 1.165) is 6.20 Å². The molecule has 1 aromatic heterocycles. The van der Waals surface area contributed by atoms with Gasteiger partial charge in [-0.15, -0.1) is 0 Å². The number of carbonyl (C=O) groups excluding carboxylic acids is 4. The van der Waals surface area contributed by atoms with E-state index >= 15 is 0 Å². The molecule has 2 aromatic rings. The third kappa shape index (κ3) is 5.07. The van der Waals surface area contributed by atoms with E-state index in [1.165, 1.54) is 17.0 Å². The number of hydrogen-bond donors (Lipinski definition) is 6. The maximum Gasteiger partial charge on any atom is 0.547 e. The Bertz CT molecular complexity index is 1530. The lowest BCUT2D eigenvalue weighted by Gasteiger charge is -2.36. The van der Waals surface area contributed by atoms with Gasteiger partial charge in [0.05, 0.1) is 29.8 Å². The molecule has 17 heteroatoms. The second-order valence-electron chi connectivity index (χ2n) is 9.75. The highest BCUT2D eigenvalue weighted by Gasteiger charge is 2.45. The number of rotatable bonds is 5. The third-order valence-corrected chi connectivity index (χ3v) is 7.61. The van der Waals surface area contributed by atoms with Crippen LogP contribution >= 0.6 is 11.6 Å². The van der Waals surface area contributed by atoms with E-state index in [9.17, 15) is 44.0 Å². The highest BCUT2D eigenvalue weighted by atomic mass is 35.5. The van der Waals surface area contributed by atoms with Crippen LogP contribution in [0.3, 0.4) is 0 Å². The Morgan fingerprint density at radius 3 is 2.68 bits per heavy atom. The van der Waals surface area contributed by atoms with E-state index in [0.29, 0.717) is 29.8 Å². The first-order valence-electron chi connectivity index (χ1n) is 12.5. The standard InChI is InChI=1S/C24H23BClN5O10/c26-15-16(27-8-13(32)18(15)33)17(29-24(39)31-9-11-4-2-6-30(11)21(35)22(31)36)20(34)28-14-7-10-3-1-5-12(23(37)38)19(10)41-25(14)40/h1,3,5,8,11,14,17,32,40H,2,4,6-7,9H2,(H,27,33)(H,28,34)(H,29,39)(H,37,38)/t11-,14+,17?/m1/s1. The number of nitrogens with zero attached hydrogens (tertiary/aromatic N) is 2. The van der Waals surface area contributed by atoms with Crippen molar-refractivity contribution in [3.8, 4) is 11.5 Å². The lowest BCUT2D eigenvalue weighted by Crippen LogP contribution is -2.62. The van der Waals surface area contributed by atoms with Gasteiger partial charge in [0.25, 0.3) is 0 Å². The number of H-pyrrole nitrogens is 1. The molecule has 0 bridgehead atoms. The predicted molar refractivity (Wildman–Crippen MR) is 139 cm³/mol. The Hall–Kier alpha value is -4.57. The van der Waals surface area contributed by atoms with Gasteiger partial charge in [0.1, 0.15) is 10.8 Å². The first kappa shape index (κ1) is 28.0. The van der Waals surface area contributed by atoms with Crippen LogP contribution in [0.4, 0.5) is 4.79 Å². The number of aromatic amines is 1. The molecule has 0 spiro atoms. The van der Waals surface area contributed by atoms with Crippen molar-refractivity contribution in [3.63, 3.8) is 0 Å². The number of carboxylic acid groups (broad SMARTS) is 1.